The summed E-state index contributed by atoms with van der Waals surface area (Å²) in [5, 5.41) is 2.27. The van der Waals surface area contributed by atoms with Crippen LogP contribution in [0.4, 0.5) is 14.5 Å². The highest BCUT2D eigenvalue weighted by Crippen LogP contribution is 2.26. The molecule has 1 aliphatic rings. The molecule has 0 unspecified atom stereocenters. The topological polar surface area (TPSA) is 66.5 Å². The highest BCUT2D eigenvalue weighted by atomic mass is 79.9. The van der Waals surface area contributed by atoms with Gasteiger partial charge in [0, 0.05) is 23.6 Å². The van der Waals surface area contributed by atoms with Gasteiger partial charge in [-0.15, -0.1) is 0 Å². The van der Waals surface area contributed by atoms with Gasteiger partial charge in [-0.3, -0.25) is 4.79 Å². The number of hydrogen-bond acceptors (Lipinski definition) is 3. The van der Waals surface area contributed by atoms with Gasteiger partial charge in [-0.05, 0) is 59.1 Å². The predicted octanol–water partition coefficient (Wildman–Crippen LogP) is 4.15. The van der Waals surface area contributed by atoms with Crippen molar-refractivity contribution in [2.24, 2.45) is 0 Å². The van der Waals surface area contributed by atoms with E-state index in [0.29, 0.717) is 17.6 Å². The second-order valence-electron chi connectivity index (χ2n) is 6.18. The molecule has 3 rings (SSSR count). The van der Waals surface area contributed by atoms with Crippen LogP contribution in [0.2, 0.25) is 0 Å². The number of amides is 1. The Bertz CT molecular complexity index is 977. The molecule has 0 aromatic heterocycles. The molecular weight excluding hydrogens is 442 g/mol. The van der Waals surface area contributed by atoms with E-state index in [1.165, 1.54) is 22.5 Å². The van der Waals surface area contributed by atoms with E-state index >= 15 is 0 Å². The summed E-state index contributed by atoms with van der Waals surface area (Å²) in [6.07, 6.45) is 2.57. The van der Waals surface area contributed by atoms with E-state index in [4.69, 9.17) is 0 Å². The third-order valence-corrected chi connectivity index (χ3v) is 6.90. The van der Waals surface area contributed by atoms with Gasteiger partial charge in [0.15, 0.2) is 0 Å². The Morgan fingerprint density at radius 3 is 2.44 bits per heavy atom. The number of carbonyl (C=O) groups excluding carboxylic acids is 1. The quantitative estimate of drug-likeness (QED) is 0.747. The number of piperidine rings is 1. The Kier molecular flexibility index (Phi) is 5.92. The van der Waals surface area contributed by atoms with Crippen LogP contribution in [0.3, 0.4) is 0 Å². The van der Waals surface area contributed by atoms with Crippen molar-refractivity contribution in [2.45, 2.75) is 24.2 Å². The molecule has 1 amide bonds. The van der Waals surface area contributed by atoms with E-state index in [2.05, 4.69) is 21.2 Å². The first-order valence-corrected chi connectivity index (χ1v) is 10.6. The lowest BCUT2D eigenvalue weighted by Gasteiger charge is -2.26. The van der Waals surface area contributed by atoms with E-state index in [9.17, 15) is 22.0 Å². The zero-order valence-electron chi connectivity index (χ0n) is 14.2. The molecule has 5 nitrogen and oxygen atoms in total. The van der Waals surface area contributed by atoms with E-state index < -0.39 is 27.6 Å². The number of nitrogens with zero attached hydrogens (tertiary/aromatic N) is 1. The third-order valence-electron chi connectivity index (χ3n) is 4.31. The molecule has 2 aromatic carbocycles. The molecule has 0 aliphatic carbocycles. The summed E-state index contributed by atoms with van der Waals surface area (Å²) < 4.78 is 54.4. The Morgan fingerprint density at radius 1 is 1.04 bits per heavy atom. The summed E-state index contributed by atoms with van der Waals surface area (Å²) in [5.41, 5.74) is -0.312. The van der Waals surface area contributed by atoms with E-state index in [1.807, 2.05) is 0 Å². The number of benzene rings is 2. The Balaban J connectivity index is 1.91. The Morgan fingerprint density at radius 2 is 1.74 bits per heavy atom. The van der Waals surface area contributed by atoms with Gasteiger partial charge in [0.2, 0.25) is 10.0 Å². The first-order chi connectivity index (χ1) is 12.8. The highest BCUT2D eigenvalue weighted by Gasteiger charge is 2.27. The van der Waals surface area contributed by atoms with Crippen molar-refractivity contribution in [3.05, 3.63) is 58.1 Å². The van der Waals surface area contributed by atoms with Crippen LogP contribution in [-0.2, 0) is 10.0 Å². The summed E-state index contributed by atoms with van der Waals surface area (Å²) in [5.74, 6) is -2.24. The molecule has 1 heterocycles. The lowest BCUT2D eigenvalue weighted by Crippen LogP contribution is -2.35. The summed E-state index contributed by atoms with van der Waals surface area (Å²) in [6, 6.07) is 6.79. The second kappa shape index (κ2) is 8.04. The maximum Gasteiger partial charge on any atom is 0.256 e. The molecule has 144 valence electrons. The Labute approximate surface area is 164 Å². The van der Waals surface area contributed by atoms with Crippen LogP contribution >= 0.6 is 15.9 Å². The van der Waals surface area contributed by atoms with Gasteiger partial charge in [0.05, 0.1) is 16.1 Å². The molecule has 27 heavy (non-hydrogen) atoms. The van der Waals surface area contributed by atoms with Crippen LogP contribution in [0, 0.1) is 11.6 Å². The van der Waals surface area contributed by atoms with Crippen LogP contribution in [-0.4, -0.2) is 31.7 Å². The fraction of sp³-hybridized carbons (Fsp3) is 0.278. The van der Waals surface area contributed by atoms with E-state index in [-0.39, 0.29) is 16.1 Å². The van der Waals surface area contributed by atoms with Gasteiger partial charge in [-0.1, -0.05) is 6.42 Å². The van der Waals surface area contributed by atoms with Crippen molar-refractivity contribution >= 4 is 37.5 Å². The molecule has 9 heteroatoms. The maximum absolute atomic E-state index is 13.8. The van der Waals surface area contributed by atoms with Crippen LogP contribution in [0.25, 0.3) is 0 Å². The minimum Gasteiger partial charge on any atom is -0.319 e. The molecule has 2 aromatic rings. The van der Waals surface area contributed by atoms with Gasteiger partial charge in [-0.2, -0.15) is 4.31 Å². The first kappa shape index (κ1) is 19.9. The molecule has 1 fully saturated rings. The highest BCUT2D eigenvalue weighted by molar-refractivity contribution is 9.10. The van der Waals surface area contributed by atoms with Gasteiger partial charge >= 0.3 is 0 Å². The number of nitrogens with one attached hydrogen (secondary N) is 1. The lowest BCUT2D eigenvalue weighted by molar-refractivity contribution is 0.102. The lowest BCUT2D eigenvalue weighted by atomic mass is 10.2. The average Bonchev–Trinajstić information content (AvgIpc) is 2.65. The van der Waals surface area contributed by atoms with Gasteiger partial charge < -0.3 is 5.32 Å². The molecule has 1 saturated heterocycles. The number of hydrogen-bond donors (Lipinski definition) is 1. The molecule has 1 N–H and O–H groups in total. The van der Waals surface area contributed by atoms with Gasteiger partial charge in [-0.25, -0.2) is 17.2 Å². The molecular formula is C18H17BrF2N2O3S. The van der Waals surface area contributed by atoms with Crippen LogP contribution < -0.4 is 5.32 Å². The van der Waals surface area contributed by atoms with E-state index in [1.54, 1.807) is 0 Å². The van der Waals surface area contributed by atoms with E-state index in [0.717, 1.165) is 37.5 Å². The standard InChI is InChI=1S/C18H17BrF2N2O3S/c19-15-6-5-13(27(25,26)23-8-2-1-3-9-23)11-14(15)18(24)22-17-10-12(20)4-7-16(17)21/h4-7,10-11H,1-3,8-9H2,(H,22,24). The Hall–Kier alpha value is -1.84. The smallest absolute Gasteiger partial charge is 0.256 e. The van der Waals surface area contributed by atoms with Crippen molar-refractivity contribution in [1.29, 1.82) is 0 Å². The largest absolute Gasteiger partial charge is 0.319 e. The second-order valence-corrected chi connectivity index (χ2v) is 8.98. The number of rotatable bonds is 4. The molecule has 0 radical (unpaired) electrons. The monoisotopic (exact) mass is 458 g/mol. The molecule has 0 bridgehead atoms. The summed E-state index contributed by atoms with van der Waals surface area (Å²) in [4.78, 5) is 12.5. The minimum absolute atomic E-state index is 0.0109. The maximum atomic E-state index is 13.8. The number of sulfonamides is 1. The SMILES string of the molecule is O=C(Nc1cc(F)ccc1F)c1cc(S(=O)(=O)N2CCCCC2)ccc1Br. The van der Waals surface area contributed by atoms with Crippen molar-refractivity contribution in [3.8, 4) is 0 Å². The minimum atomic E-state index is -3.72. The summed E-state index contributed by atoms with van der Waals surface area (Å²) in [7, 11) is -3.72. The van der Waals surface area contributed by atoms with Crippen LogP contribution in [0.15, 0.2) is 45.8 Å². The van der Waals surface area contributed by atoms with Crippen molar-refractivity contribution in [1.82, 2.24) is 4.31 Å². The summed E-state index contributed by atoms with van der Waals surface area (Å²) in [6.45, 7) is 0.878. The van der Waals surface area contributed by atoms with Crippen molar-refractivity contribution in [2.75, 3.05) is 18.4 Å². The summed E-state index contributed by atoms with van der Waals surface area (Å²) >= 11 is 3.20. The number of carbonyl (C=O) groups is 1. The fourth-order valence-corrected chi connectivity index (χ4v) is 4.85. The zero-order chi connectivity index (χ0) is 19.6. The van der Waals surface area contributed by atoms with Gasteiger partial charge in [0.1, 0.15) is 11.6 Å². The fourth-order valence-electron chi connectivity index (χ4n) is 2.88. The molecule has 0 saturated carbocycles. The normalized spacial score (nSPS) is 15.5. The van der Waals surface area contributed by atoms with Crippen LogP contribution in [0.1, 0.15) is 29.6 Å². The predicted molar refractivity (Wildman–Crippen MR) is 101 cm³/mol. The third kappa shape index (κ3) is 4.36. The molecule has 1 aliphatic heterocycles. The molecule has 0 atom stereocenters. The van der Waals surface area contributed by atoms with Crippen LogP contribution in [0.5, 0.6) is 0 Å². The zero-order valence-corrected chi connectivity index (χ0v) is 16.6. The molecule has 0 spiro atoms. The number of halogens is 3. The first-order valence-electron chi connectivity index (χ1n) is 8.35. The number of anilines is 1. The van der Waals surface area contributed by atoms with Crippen molar-refractivity contribution in [3.63, 3.8) is 0 Å². The van der Waals surface area contributed by atoms with Gasteiger partial charge in [0.25, 0.3) is 5.91 Å². The average molecular weight is 459 g/mol. The van der Waals surface area contributed by atoms with Crippen molar-refractivity contribution < 1.29 is 22.0 Å².